The van der Waals surface area contributed by atoms with E-state index in [4.69, 9.17) is 14.2 Å². The average Bonchev–Trinajstić information content (AvgIpc) is 3.44. The van der Waals surface area contributed by atoms with Gasteiger partial charge in [-0.3, -0.25) is 9.59 Å². The van der Waals surface area contributed by atoms with Crippen molar-refractivity contribution >= 4 is 11.9 Å². The van der Waals surface area contributed by atoms with Crippen LogP contribution in [-0.4, -0.2) is 100 Å². The van der Waals surface area contributed by atoms with Gasteiger partial charge in [0.1, 0.15) is 24.4 Å². The lowest BCUT2D eigenvalue weighted by atomic mass is 9.99. The predicted molar refractivity (Wildman–Crippen MR) is 324 cm³/mol. The van der Waals surface area contributed by atoms with Gasteiger partial charge in [0.2, 0.25) is 5.91 Å². The van der Waals surface area contributed by atoms with E-state index >= 15 is 0 Å². The van der Waals surface area contributed by atoms with Gasteiger partial charge in [0, 0.05) is 12.8 Å². The van der Waals surface area contributed by atoms with Crippen LogP contribution in [0.25, 0.3) is 0 Å². The molecule has 1 heterocycles. The van der Waals surface area contributed by atoms with Crippen molar-refractivity contribution in [3.05, 3.63) is 36.5 Å². The standard InChI is InChI=1S/C67H125NO10/c1-3-5-7-9-11-13-14-15-32-35-39-43-47-51-55-63(72)76-56-52-48-44-40-36-33-30-28-26-24-22-20-18-16-17-19-21-23-25-27-29-31-34-38-42-46-50-54-62(71)68-59(60(70)53-49-45-41-37-12-10-8-6-4-2)58-77-67-66(75)65(74)64(73)61(57-69)78-67/h9,11,14-15,49,53,59-61,64-67,69-70,73-75H,3-8,10,12-13,16-48,50-52,54-58H2,1-2H3,(H,68,71)/b11-9-,15-14-,53-49+. The van der Waals surface area contributed by atoms with Crippen LogP contribution in [0, 0.1) is 0 Å². The second-order valence-electron chi connectivity index (χ2n) is 23.2. The Kier molecular flexibility index (Phi) is 53.7. The third-order valence-electron chi connectivity index (χ3n) is 15.7. The lowest BCUT2D eigenvalue weighted by Gasteiger charge is -2.40. The van der Waals surface area contributed by atoms with Crippen molar-refractivity contribution in [3.8, 4) is 0 Å². The topological polar surface area (TPSA) is 175 Å². The average molecular weight is 1100 g/mol. The van der Waals surface area contributed by atoms with Crippen molar-refractivity contribution in [2.45, 2.75) is 358 Å². The minimum Gasteiger partial charge on any atom is -0.466 e. The fraction of sp³-hybridized carbons (Fsp3) is 0.881. The molecule has 1 amide bonds. The van der Waals surface area contributed by atoms with Crippen LogP contribution < -0.4 is 5.32 Å². The highest BCUT2D eigenvalue weighted by molar-refractivity contribution is 5.76. The van der Waals surface area contributed by atoms with Crippen molar-refractivity contribution in [1.29, 1.82) is 0 Å². The maximum Gasteiger partial charge on any atom is 0.305 e. The fourth-order valence-corrected chi connectivity index (χ4v) is 10.5. The molecule has 0 spiro atoms. The molecule has 7 atom stereocenters. The Hall–Kier alpha value is -2.12. The number of ether oxygens (including phenoxy) is 3. The lowest BCUT2D eigenvalue weighted by molar-refractivity contribution is -0.302. The molecule has 0 bridgehead atoms. The molecule has 1 fully saturated rings. The normalized spacial score (nSPS) is 18.7. The number of carbonyl (C=O) groups excluding carboxylic acids is 2. The summed E-state index contributed by atoms with van der Waals surface area (Å²) in [6.07, 6.45) is 61.4. The highest BCUT2D eigenvalue weighted by Gasteiger charge is 2.44. The summed E-state index contributed by atoms with van der Waals surface area (Å²) < 4.78 is 16.7. The lowest BCUT2D eigenvalue weighted by Crippen LogP contribution is -2.60. The van der Waals surface area contributed by atoms with Crippen molar-refractivity contribution in [1.82, 2.24) is 5.32 Å². The molecule has 0 aromatic heterocycles. The summed E-state index contributed by atoms with van der Waals surface area (Å²) in [6.45, 7) is 4.29. The number of esters is 1. The van der Waals surface area contributed by atoms with Gasteiger partial charge < -0.3 is 45.1 Å². The second kappa shape index (κ2) is 56.7. The van der Waals surface area contributed by atoms with E-state index in [1.807, 2.05) is 6.08 Å². The number of nitrogens with one attached hydrogen (secondary N) is 1. The molecule has 6 N–H and O–H groups in total. The summed E-state index contributed by atoms with van der Waals surface area (Å²) in [7, 11) is 0. The highest BCUT2D eigenvalue weighted by atomic mass is 16.7. The molecule has 7 unspecified atom stereocenters. The zero-order valence-electron chi connectivity index (χ0n) is 50.6. The molecular weight excluding hydrogens is 979 g/mol. The van der Waals surface area contributed by atoms with Gasteiger partial charge in [0.15, 0.2) is 6.29 Å². The van der Waals surface area contributed by atoms with Gasteiger partial charge in [-0.05, 0) is 57.8 Å². The Morgan fingerprint density at radius 1 is 0.474 bits per heavy atom. The van der Waals surface area contributed by atoms with E-state index in [0.717, 1.165) is 64.2 Å². The molecule has 1 aliphatic rings. The number of unbranched alkanes of at least 4 members (excludes halogenated alkanes) is 40. The molecule has 11 heteroatoms. The number of rotatable bonds is 58. The molecule has 0 aliphatic carbocycles. The third kappa shape index (κ3) is 45.5. The first-order chi connectivity index (χ1) is 38.2. The molecule has 78 heavy (non-hydrogen) atoms. The van der Waals surface area contributed by atoms with Crippen LogP contribution in [0.15, 0.2) is 36.5 Å². The van der Waals surface area contributed by atoms with Gasteiger partial charge in [-0.15, -0.1) is 0 Å². The Labute approximate surface area is 479 Å². The molecule has 1 rings (SSSR count). The maximum atomic E-state index is 13.0. The fourth-order valence-electron chi connectivity index (χ4n) is 10.5. The van der Waals surface area contributed by atoms with Crippen LogP contribution in [0.2, 0.25) is 0 Å². The Morgan fingerprint density at radius 2 is 0.872 bits per heavy atom. The summed E-state index contributed by atoms with van der Waals surface area (Å²) in [6, 6.07) is -0.806. The maximum absolute atomic E-state index is 13.0. The molecule has 1 aliphatic heterocycles. The molecular formula is C67H125NO10. The number of aliphatic hydroxyl groups is 5. The number of aliphatic hydroxyl groups excluding tert-OH is 5. The summed E-state index contributed by atoms with van der Waals surface area (Å²) in [5.74, 6) is -0.187. The third-order valence-corrected chi connectivity index (χ3v) is 15.7. The Balaban J connectivity index is 1.93. The number of allylic oxidation sites excluding steroid dienone is 5. The van der Waals surface area contributed by atoms with E-state index < -0.39 is 49.5 Å². The van der Waals surface area contributed by atoms with E-state index in [1.165, 1.54) is 225 Å². The van der Waals surface area contributed by atoms with Crippen LogP contribution in [0.3, 0.4) is 0 Å². The Morgan fingerprint density at radius 3 is 1.33 bits per heavy atom. The van der Waals surface area contributed by atoms with Crippen LogP contribution >= 0.6 is 0 Å². The zero-order valence-corrected chi connectivity index (χ0v) is 50.6. The minimum atomic E-state index is -1.57. The van der Waals surface area contributed by atoms with Gasteiger partial charge in [-0.2, -0.15) is 0 Å². The van der Waals surface area contributed by atoms with Crippen LogP contribution in [0.4, 0.5) is 0 Å². The second-order valence-corrected chi connectivity index (χ2v) is 23.2. The van der Waals surface area contributed by atoms with Crippen molar-refractivity contribution in [2.24, 2.45) is 0 Å². The van der Waals surface area contributed by atoms with E-state index in [9.17, 15) is 35.1 Å². The van der Waals surface area contributed by atoms with Gasteiger partial charge in [-0.1, -0.05) is 281 Å². The zero-order chi connectivity index (χ0) is 56.6. The SMILES string of the molecule is CCCC/C=C\C/C=C\CCCCCCCC(=O)OCCCCCCCCCCCCCCCCCCCCCCCCCCCCCC(=O)NC(COC1OC(CO)C(O)C(O)C1O)C(O)/C=C/CCCCCCCCC. The molecule has 0 aromatic rings. The van der Waals surface area contributed by atoms with Crippen molar-refractivity contribution in [3.63, 3.8) is 0 Å². The predicted octanol–water partition coefficient (Wildman–Crippen LogP) is 16.2. The summed E-state index contributed by atoms with van der Waals surface area (Å²) in [4.78, 5) is 25.1. The van der Waals surface area contributed by atoms with Gasteiger partial charge in [-0.25, -0.2) is 0 Å². The first kappa shape index (κ1) is 73.9. The molecule has 0 radical (unpaired) electrons. The van der Waals surface area contributed by atoms with E-state index in [2.05, 4.69) is 43.5 Å². The van der Waals surface area contributed by atoms with Gasteiger partial charge in [0.05, 0.1) is 32.0 Å². The molecule has 0 saturated carbocycles. The Bertz CT molecular complexity index is 1390. The molecule has 11 nitrogen and oxygen atoms in total. The molecule has 0 aromatic carbocycles. The van der Waals surface area contributed by atoms with Crippen LogP contribution in [0.1, 0.15) is 316 Å². The van der Waals surface area contributed by atoms with E-state index in [1.54, 1.807) is 6.08 Å². The highest BCUT2D eigenvalue weighted by Crippen LogP contribution is 2.23. The monoisotopic (exact) mass is 1100 g/mol. The molecule has 458 valence electrons. The summed E-state index contributed by atoms with van der Waals surface area (Å²) in [5.41, 5.74) is 0. The van der Waals surface area contributed by atoms with Gasteiger partial charge >= 0.3 is 5.97 Å². The van der Waals surface area contributed by atoms with Crippen LogP contribution in [-0.2, 0) is 23.8 Å². The number of hydrogen-bond acceptors (Lipinski definition) is 10. The number of carbonyl (C=O) groups is 2. The summed E-state index contributed by atoms with van der Waals surface area (Å²) in [5, 5.41) is 54.3. The number of amides is 1. The van der Waals surface area contributed by atoms with Crippen LogP contribution in [0.5, 0.6) is 0 Å². The quantitative estimate of drug-likeness (QED) is 0.0195. The number of hydrogen-bond donors (Lipinski definition) is 6. The largest absolute Gasteiger partial charge is 0.466 e. The smallest absolute Gasteiger partial charge is 0.305 e. The van der Waals surface area contributed by atoms with E-state index in [0.29, 0.717) is 19.4 Å². The molecule has 1 saturated heterocycles. The van der Waals surface area contributed by atoms with Gasteiger partial charge in [0.25, 0.3) is 0 Å². The first-order valence-corrected chi connectivity index (χ1v) is 33.3. The first-order valence-electron chi connectivity index (χ1n) is 33.3. The van der Waals surface area contributed by atoms with Crippen molar-refractivity contribution in [2.75, 3.05) is 19.8 Å². The summed E-state index contributed by atoms with van der Waals surface area (Å²) >= 11 is 0. The van der Waals surface area contributed by atoms with Crippen molar-refractivity contribution < 1.29 is 49.3 Å². The minimum absolute atomic E-state index is 0.00619. The van der Waals surface area contributed by atoms with E-state index in [-0.39, 0.29) is 18.5 Å².